The molecular weight excluding hydrogens is 179 g/mol. The predicted molar refractivity (Wildman–Crippen MR) is 34.0 cm³/mol. The molecule has 0 saturated heterocycles. The molecule has 11 heavy (non-hydrogen) atoms. The Kier molecular flexibility index (Phi) is 2.03. The molecule has 0 N–H and O–H groups in total. The number of nitrogens with zero attached hydrogens (tertiary/aromatic N) is 1. The summed E-state index contributed by atoms with van der Waals surface area (Å²) in [5, 5.41) is 0. The largest absolute Gasteiger partial charge is 0.491 e. The average Bonchev–Trinajstić information content (AvgIpc) is 2.34. The van der Waals surface area contributed by atoms with Crippen molar-refractivity contribution >= 4 is 11.0 Å². The summed E-state index contributed by atoms with van der Waals surface area (Å²) in [6.45, 7) is 0. The first-order valence-corrected chi connectivity index (χ1v) is 3.74. The van der Waals surface area contributed by atoms with Crippen molar-refractivity contribution in [3.63, 3.8) is 0 Å². The molecule has 0 aliphatic rings. The van der Waals surface area contributed by atoms with Gasteiger partial charge >= 0.3 is 5.51 Å². The van der Waals surface area contributed by atoms with Crippen LogP contribution in [0.3, 0.4) is 0 Å². The first kappa shape index (κ1) is 8.32. The first-order chi connectivity index (χ1) is 5.02. The molecule has 1 atom stereocenters. The molecule has 0 spiro atoms. The van der Waals surface area contributed by atoms with Crippen molar-refractivity contribution in [3.8, 4) is 0 Å². The Labute approximate surface area is 63.2 Å². The highest BCUT2D eigenvalue weighted by Gasteiger charge is 2.38. The van der Waals surface area contributed by atoms with E-state index in [0.717, 1.165) is 12.4 Å². The SMILES string of the molecule is O=S(n1cccc1)C(F)(F)F. The number of rotatable bonds is 1. The molecule has 0 saturated carbocycles. The summed E-state index contributed by atoms with van der Waals surface area (Å²) >= 11 is 0. The van der Waals surface area contributed by atoms with Gasteiger partial charge < -0.3 is 0 Å². The second kappa shape index (κ2) is 2.69. The van der Waals surface area contributed by atoms with Crippen LogP contribution >= 0.6 is 0 Å². The molecule has 0 aromatic carbocycles. The lowest BCUT2D eigenvalue weighted by molar-refractivity contribution is -0.0393. The van der Waals surface area contributed by atoms with Crippen molar-refractivity contribution < 1.29 is 17.4 Å². The zero-order valence-corrected chi connectivity index (χ0v) is 6.02. The molecule has 1 aromatic rings. The van der Waals surface area contributed by atoms with Gasteiger partial charge in [0.25, 0.3) is 0 Å². The van der Waals surface area contributed by atoms with Crippen molar-refractivity contribution in [1.82, 2.24) is 3.97 Å². The fraction of sp³-hybridized carbons (Fsp3) is 0.200. The topological polar surface area (TPSA) is 22.0 Å². The van der Waals surface area contributed by atoms with Crippen molar-refractivity contribution in [2.45, 2.75) is 5.51 Å². The van der Waals surface area contributed by atoms with E-state index in [4.69, 9.17) is 0 Å². The van der Waals surface area contributed by atoms with Crippen LogP contribution in [0.2, 0.25) is 0 Å². The van der Waals surface area contributed by atoms with Gasteiger partial charge in [-0.15, -0.1) is 0 Å². The highest BCUT2D eigenvalue weighted by atomic mass is 32.2. The Bertz CT molecular complexity index is 253. The Balaban J connectivity index is 2.88. The summed E-state index contributed by atoms with van der Waals surface area (Å²) in [6.07, 6.45) is 2.20. The van der Waals surface area contributed by atoms with Crippen LogP contribution in [0.15, 0.2) is 24.5 Å². The molecular formula is C5H4F3NOS. The minimum absolute atomic E-state index is 0.597. The zero-order chi connectivity index (χ0) is 8.48. The van der Waals surface area contributed by atoms with Crippen LogP contribution < -0.4 is 0 Å². The monoisotopic (exact) mass is 183 g/mol. The Morgan fingerprint density at radius 2 is 1.64 bits per heavy atom. The highest BCUT2D eigenvalue weighted by Crippen LogP contribution is 2.20. The molecule has 1 rings (SSSR count). The number of halogens is 3. The Morgan fingerprint density at radius 3 is 2.00 bits per heavy atom. The van der Waals surface area contributed by atoms with Gasteiger partial charge in [-0.1, -0.05) is 0 Å². The van der Waals surface area contributed by atoms with Gasteiger partial charge in [0.05, 0.1) is 0 Å². The second-order valence-electron chi connectivity index (χ2n) is 1.74. The molecule has 0 radical (unpaired) electrons. The van der Waals surface area contributed by atoms with E-state index in [0.29, 0.717) is 3.97 Å². The van der Waals surface area contributed by atoms with Gasteiger partial charge in [0.2, 0.25) is 11.0 Å². The van der Waals surface area contributed by atoms with Crippen LogP contribution in [0.1, 0.15) is 0 Å². The minimum atomic E-state index is -4.68. The number of hydrogen-bond acceptors (Lipinski definition) is 1. The summed E-state index contributed by atoms with van der Waals surface area (Å²) in [7, 11) is -2.95. The third-order valence-corrected chi connectivity index (χ3v) is 1.99. The summed E-state index contributed by atoms with van der Waals surface area (Å²) in [4.78, 5) is 0. The Hall–Kier alpha value is -0.780. The third kappa shape index (κ3) is 1.83. The van der Waals surface area contributed by atoms with Gasteiger partial charge in [-0.2, -0.15) is 13.2 Å². The van der Waals surface area contributed by atoms with E-state index in [2.05, 4.69) is 0 Å². The summed E-state index contributed by atoms with van der Waals surface area (Å²) in [5.41, 5.74) is -4.68. The van der Waals surface area contributed by atoms with Crippen LogP contribution in [0.4, 0.5) is 13.2 Å². The summed E-state index contributed by atoms with van der Waals surface area (Å²) in [5.74, 6) is 0. The van der Waals surface area contributed by atoms with Gasteiger partial charge in [0.1, 0.15) is 0 Å². The van der Waals surface area contributed by atoms with Gasteiger partial charge in [-0.3, -0.25) is 3.97 Å². The third-order valence-electron chi connectivity index (χ3n) is 0.967. The lowest BCUT2D eigenvalue weighted by Crippen LogP contribution is -2.21. The highest BCUT2D eigenvalue weighted by molar-refractivity contribution is 7.84. The predicted octanol–water partition coefficient (Wildman–Crippen LogP) is 1.52. The molecule has 1 aromatic heterocycles. The maximum absolute atomic E-state index is 11.7. The summed E-state index contributed by atoms with van der Waals surface area (Å²) < 4.78 is 46.1. The van der Waals surface area contributed by atoms with E-state index in [9.17, 15) is 17.4 Å². The van der Waals surface area contributed by atoms with E-state index < -0.39 is 16.5 Å². The van der Waals surface area contributed by atoms with Gasteiger partial charge in [-0.25, -0.2) is 4.21 Å². The average molecular weight is 183 g/mol. The molecule has 62 valence electrons. The van der Waals surface area contributed by atoms with Crippen molar-refractivity contribution in [1.29, 1.82) is 0 Å². The second-order valence-corrected chi connectivity index (χ2v) is 3.12. The lowest BCUT2D eigenvalue weighted by atomic mass is 10.7. The van der Waals surface area contributed by atoms with Crippen molar-refractivity contribution in [3.05, 3.63) is 24.5 Å². The maximum Gasteiger partial charge on any atom is 0.491 e. The molecule has 0 fully saturated rings. The molecule has 0 aliphatic carbocycles. The van der Waals surface area contributed by atoms with Gasteiger partial charge in [0, 0.05) is 12.4 Å². The number of alkyl halides is 3. The first-order valence-electron chi connectivity index (χ1n) is 2.64. The molecule has 2 nitrogen and oxygen atoms in total. The van der Waals surface area contributed by atoms with E-state index in [1.165, 1.54) is 12.1 Å². The summed E-state index contributed by atoms with van der Waals surface area (Å²) in [6, 6.07) is 2.76. The molecule has 0 aliphatic heterocycles. The zero-order valence-electron chi connectivity index (χ0n) is 5.21. The quantitative estimate of drug-likeness (QED) is 0.647. The molecule has 1 unspecified atom stereocenters. The minimum Gasteiger partial charge on any atom is -0.267 e. The molecule has 0 bridgehead atoms. The van der Waals surface area contributed by atoms with Crippen LogP contribution in [-0.2, 0) is 11.0 Å². The van der Waals surface area contributed by atoms with E-state index in [-0.39, 0.29) is 0 Å². The Morgan fingerprint density at radius 1 is 1.18 bits per heavy atom. The standard InChI is InChI=1S/C5H4F3NOS/c6-5(7,8)11(10)9-3-1-2-4-9/h1-4H. The van der Waals surface area contributed by atoms with Crippen molar-refractivity contribution in [2.75, 3.05) is 0 Å². The van der Waals surface area contributed by atoms with Crippen LogP contribution in [0, 0.1) is 0 Å². The lowest BCUT2D eigenvalue weighted by Gasteiger charge is -2.05. The van der Waals surface area contributed by atoms with E-state index in [1.807, 2.05) is 0 Å². The van der Waals surface area contributed by atoms with E-state index in [1.54, 1.807) is 0 Å². The number of hydrogen-bond donors (Lipinski definition) is 0. The van der Waals surface area contributed by atoms with E-state index >= 15 is 0 Å². The smallest absolute Gasteiger partial charge is 0.267 e. The fourth-order valence-corrected chi connectivity index (χ4v) is 1.15. The van der Waals surface area contributed by atoms with Gasteiger partial charge in [0.15, 0.2) is 0 Å². The van der Waals surface area contributed by atoms with Crippen LogP contribution in [0.5, 0.6) is 0 Å². The van der Waals surface area contributed by atoms with Crippen LogP contribution in [-0.4, -0.2) is 13.7 Å². The molecule has 0 amide bonds. The number of aromatic nitrogens is 1. The van der Waals surface area contributed by atoms with Crippen LogP contribution in [0.25, 0.3) is 0 Å². The fourth-order valence-electron chi connectivity index (χ4n) is 0.549. The molecule has 6 heteroatoms. The van der Waals surface area contributed by atoms with Gasteiger partial charge in [-0.05, 0) is 12.1 Å². The molecule has 1 heterocycles. The van der Waals surface area contributed by atoms with Crippen molar-refractivity contribution in [2.24, 2.45) is 0 Å². The maximum atomic E-state index is 11.7. The normalized spacial score (nSPS) is 14.8.